The number of thiophene rings is 1. The van der Waals surface area contributed by atoms with Crippen LogP contribution < -0.4 is 4.74 Å². The van der Waals surface area contributed by atoms with Gasteiger partial charge in [-0.15, -0.1) is 11.3 Å². The van der Waals surface area contributed by atoms with E-state index >= 15 is 0 Å². The van der Waals surface area contributed by atoms with E-state index in [1.54, 1.807) is 11.4 Å². The van der Waals surface area contributed by atoms with Crippen LogP contribution >= 0.6 is 34.5 Å². The summed E-state index contributed by atoms with van der Waals surface area (Å²) in [5, 5.41) is 12.6. The first-order chi connectivity index (χ1) is 6.65. The van der Waals surface area contributed by atoms with Crippen LogP contribution in [-0.2, 0) is 0 Å². The fraction of sp³-hybridized carbons (Fsp3) is 0.111. The maximum atomic E-state index is 9.50. The number of aromatic hydroxyl groups is 1. The summed E-state index contributed by atoms with van der Waals surface area (Å²) in [7, 11) is 1.51. The second-order valence-electron chi connectivity index (χ2n) is 2.70. The molecule has 2 nitrogen and oxygen atoms in total. The van der Waals surface area contributed by atoms with Crippen molar-refractivity contribution in [3.8, 4) is 11.5 Å². The van der Waals surface area contributed by atoms with Gasteiger partial charge in [-0.05, 0) is 6.07 Å². The summed E-state index contributed by atoms with van der Waals surface area (Å²) in [6.07, 6.45) is 0. The number of benzene rings is 1. The molecular weight excluding hydrogens is 243 g/mol. The molecule has 0 amide bonds. The van der Waals surface area contributed by atoms with Crippen molar-refractivity contribution in [2.24, 2.45) is 0 Å². The molecule has 74 valence electrons. The van der Waals surface area contributed by atoms with Crippen LogP contribution in [0.3, 0.4) is 0 Å². The summed E-state index contributed by atoms with van der Waals surface area (Å²) in [4.78, 5) is 0. The van der Waals surface area contributed by atoms with Gasteiger partial charge >= 0.3 is 0 Å². The molecular formula is C9H6Cl2O2S. The van der Waals surface area contributed by atoms with Gasteiger partial charge in [0, 0.05) is 10.8 Å². The van der Waals surface area contributed by atoms with Crippen molar-refractivity contribution >= 4 is 44.6 Å². The molecule has 0 radical (unpaired) electrons. The highest BCUT2D eigenvalue weighted by Crippen LogP contribution is 2.44. The van der Waals surface area contributed by atoms with Gasteiger partial charge in [0.25, 0.3) is 0 Å². The molecule has 1 aromatic heterocycles. The number of rotatable bonds is 1. The average Bonchev–Trinajstić information content (AvgIpc) is 2.54. The van der Waals surface area contributed by atoms with Crippen LogP contribution in [0.4, 0.5) is 0 Å². The van der Waals surface area contributed by atoms with E-state index in [-0.39, 0.29) is 5.75 Å². The van der Waals surface area contributed by atoms with Crippen LogP contribution in [0.2, 0.25) is 10.0 Å². The zero-order valence-corrected chi connectivity index (χ0v) is 9.50. The van der Waals surface area contributed by atoms with Crippen molar-refractivity contribution in [2.45, 2.75) is 0 Å². The first kappa shape index (κ1) is 9.90. The van der Waals surface area contributed by atoms with Gasteiger partial charge in [0.15, 0.2) is 0 Å². The zero-order valence-electron chi connectivity index (χ0n) is 7.17. The largest absolute Gasteiger partial charge is 0.506 e. The number of hydrogen-bond donors (Lipinski definition) is 1. The lowest BCUT2D eigenvalue weighted by atomic mass is 10.2. The Morgan fingerprint density at radius 2 is 2.07 bits per heavy atom. The minimum atomic E-state index is 0.196. The van der Waals surface area contributed by atoms with Crippen LogP contribution in [0.1, 0.15) is 0 Å². The number of halogens is 2. The van der Waals surface area contributed by atoms with E-state index < -0.39 is 0 Å². The lowest BCUT2D eigenvalue weighted by molar-refractivity contribution is 0.415. The summed E-state index contributed by atoms with van der Waals surface area (Å²) < 4.78 is 5.81. The standard InChI is InChI=1S/C9H6Cl2O2S/c1-13-6-2-4-5(12)3-14-9(4)8(11)7(6)10/h2-3,12H,1H3. The highest BCUT2D eigenvalue weighted by atomic mass is 35.5. The van der Waals surface area contributed by atoms with E-state index in [1.165, 1.54) is 18.4 Å². The summed E-state index contributed by atoms with van der Waals surface area (Å²) in [6, 6.07) is 1.68. The van der Waals surface area contributed by atoms with E-state index in [0.717, 1.165) is 4.70 Å². The number of fused-ring (bicyclic) bond motifs is 1. The highest BCUT2D eigenvalue weighted by Gasteiger charge is 2.14. The lowest BCUT2D eigenvalue weighted by Crippen LogP contribution is -1.84. The van der Waals surface area contributed by atoms with Crippen molar-refractivity contribution in [3.63, 3.8) is 0 Å². The Morgan fingerprint density at radius 1 is 1.36 bits per heavy atom. The quantitative estimate of drug-likeness (QED) is 0.829. The van der Waals surface area contributed by atoms with Gasteiger partial charge in [0.2, 0.25) is 0 Å². The Kier molecular flexibility index (Phi) is 2.47. The van der Waals surface area contributed by atoms with Crippen molar-refractivity contribution < 1.29 is 9.84 Å². The molecule has 0 aliphatic rings. The zero-order chi connectivity index (χ0) is 10.3. The molecule has 0 aliphatic carbocycles. The van der Waals surface area contributed by atoms with Gasteiger partial charge in [0.1, 0.15) is 16.5 Å². The second kappa shape index (κ2) is 3.50. The Hall–Kier alpha value is -0.640. The summed E-state index contributed by atoms with van der Waals surface area (Å²) in [5.41, 5.74) is 0. The number of methoxy groups -OCH3 is 1. The van der Waals surface area contributed by atoms with Gasteiger partial charge in [-0.1, -0.05) is 23.2 Å². The molecule has 1 N–H and O–H groups in total. The highest BCUT2D eigenvalue weighted by molar-refractivity contribution is 7.18. The molecule has 2 aromatic rings. The van der Waals surface area contributed by atoms with Gasteiger partial charge in [-0.25, -0.2) is 0 Å². The maximum absolute atomic E-state index is 9.50. The van der Waals surface area contributed by atoms with Crippen molar-refractivity contribution in [2.75, 3.05) is 7.11 Å². The Balaban J connectivity index is 2.87. The minimum Gasteiger partial charge on any atom is -0.506 e. The van der Waals surface area contributed by atoms with Crippen LogP contribution in [-0.4, -0.2) is 12.2 Å². The number of ether oxygens (including phenoxy) is 1. The molecule has 0 saturated carbocycles. The van der Waals surface area contributed by atoms with Crippen LogP contribution in [0.15, 0.2) is 11.4 Å². The molecule has 2 rings (SSSR count). The predicted octanol–water partition coefficient (Wildman–Crippen LogP) is 3.92. The third-order valence-electron chi connectivity index (χ3n) is 1.91. The van der Waals surface area contributed by atoms with Crippen molar-refractivity contribution in [1.29, 1.82) is 0 Å². The fourth-order valence-corrected chi connectivity index (χ4v) is 2.68. The average molecular weight is 249 g/mol. The molecule has 1 aromatic carbocycles. The number of hydrogen-bond acceptors (Lipinski definition) is 3. The molecule has 0 saturated heterocycles. The topological polar surface area (TPSA) is 29.5 Å². The normalized spacial score (nSPS) is 10.8. The van der Waals surface area contributed by atoms with E-state index in [9.17, 15) is 5.11 Å². The summed E-state index contributed by atoms with van der Waals surface area (Å²) >= 11 is 13.3. The van der Waals surface area contributed by atoms with Gasteiger partial charge in [-0.3, -0.25) is 0 Å². The Bertz CT molecular complexity index is 493. The monoisotopic (exact) mass is 248 g/mol. The van der Waals surface area contributed by atoms with E-state index in [2.05, 4.69) is 0 Å². The molecule has 0 bridgehead atoms. The van der Waals surface area contributed by atoms with Crippen LogP contribution in [0, 0.1) is 0 Å². The molecule has 0 spiro atoms. The van der Waals surface area contributed by atoms with E-state index in [0.29, 0.717) is 21.2 Å². The maximum Gasteiger partial charge on any atom is 0.139 e. The van der Waals surface area contributed by atoms with Crippen molar-refractivity contribution in [3.05, 3.63) is 21.5 Å². The molecule has 14 heavy (non-hydrogen) atoms. The van der Waals surface area contributed by atoms with Crippen LogP contribution in [0.5, 0.6) is 11.5 Å². The predicted molar refractivity (Wildman–Crippen MR) is 60.1 cm³/mol. The van der Waals surface area contributed by atoms with Gasteiger partial charge in [-0.2, -0.15) is 0 Å². The fourth-order valence-electron chi connectivity index (χ4n) is 1.22. The molecule has 0 fully saturated rings. The third-order valence-corrected chi connectivity index (χ3v) is 3.88. The van der Waals surface area contributed by atoms with E-state index in [4.69, 9.17) is 27.9 Å². The molecule has 0 unspecified atom stereocenters. The van der Waals surface area contributed by atoms with Gasteiger partial charge in [0.05, 0.1) is 16.8 Å². The van der Waals surface area contributed by atoms with Crippen molar-refractivity contribution in [1.82, 2.24) is 0 Å². The lowest BCUT2D eigenvalue weighted by Gasteiger charge is -2.05. The molecule has 0 atom stereocenters. The van der Waals surface area contributed by atoms with Crippen LogP contribution in [0.25, 0.3) is 10.1 Å². The van der Waals surface area contributed by atoms with E-state index in [1.807, 2.05) is 0 Å². The second-order valence-corrected chi connectivity index (χ2v) is 4.34. The molecule has 0 aliphatic heterocycles. The Labute approximate surface area is 94.6 Å². The summed E-state index contributed by atoms with van der Waals surface area (Å²) in [6.45, 7) is 0. The summed E-state index contributed by atoms with van der Waals surface area (Å²) in [5.74, 6) is 0.666. The third kappa shape index (κ3) is 1.32. The first-order valence-corrected chi connectivity index (χ1v) is 5.41. The van der Waals surface area contributed by atoms with Gasteiger partial charge < -0.3 is 9.84 Å². The molecule has 5 heteroatoms. The SMILES string of the molecule is COc1cc2c(O)csc2c(Cl)c1Cl. The Morgan fingerprint density at radius 3 is 2.71 bits per heavy atom. The smallest absolute Gasteiger partial charge is 0.139 e. The minimum absolute atomic E-state index is 0.196. The molecule has 1 heterocycles. The first-order valence-electron chi connectivity index (χ1n) is 3.77.